The van der Waals surface area contributed by atoms with Crippen molar-refractivity contribution in [2.75, 3.05) is 18.5 Å². The summed E-state index contributed by atoms with van der Waals surface area (Å²) in [4.78, 5) is 15.5. The standard InChI is InChI=1S/C17H21N5O3/c1-3-24-16(25-4-2)11-22-10-15(20-21-22)17(23)19-13-5-6-14-12(9-13)7-8-18-14/h5-10,16,18H,3-4,11H2,1-2H3,(H,19,23). The van der Waals surface area contributed by atoms with Gasteiger partial charge in [-0.05, 0) is 38.1 Å². The summed E-state index contributed by atoms with van der Waals surface area (Å²) in [6.45, 7) is 5.24. The van der Waals surface area contributed by atoms with E-state index in [1.807, 2.05) is 44.3 Å². The molecule has 0 atom stereocenters. The smallest absolute Gasteiger partial charge is 0.277 e. The summed E-state index contributed by atoms with van der Waals surface area (Å²) in [5, 5.41) is 11.7. The van der Waals surface area contributed by atoms with Crippen LogP contribution < -0.4 is 5.32 Å². The number of hydrogen-bond acceptors (Lipinski definition) is 5. The number of aromatic nitrogens is 4. The van der Waals surface area contributed by atoms with Crippen molar-refractivity contribution in [3.63, 3.8) is 0 Å². The average molecular weight is 343 g/mol. The molecule has 0 radical (unpaired) electrons. The van der Waals surface area contributed by atoms with E-state index in [0.717, 1.165) is 10.9 Å². The van der Waals surface area contributed by atoms with Gasteiger partial charge in [0.1, 0.15) is 0 Å². The lowest BCUT2D eigenvalue weighted by molar-refractivity contribution is -0.145. The highest BCUT2D eigenvalue weighted by Crippen LogP contribution is 2.18. The Morgan fingerprint density at radius 3 is 2.84 bits per heavy atom. The number of anilines is 1. The summed E-state index contributed by atoms with van der Waals surface area (Å²) in [7, 11) is 0. The molecule has 2 aromatic heterocycles. The molecule has 2 N–H and O–H groups in total. The van der Waals surface area contributed by atoms with Crippen molar-refractivity contribution in [1.29, 1.82) is 0 Å². The zero-order chi connectivity index (χ0) is 17.6. The molecular formula is C17H21N5O3. The fourth-order valence-corrected chi connectivity index (χ4v) is 2.50. The van der Waals surface area contributed by atoms with E-state index in [9.17, 15) is 4.79 Å². The molecule has 0 aliphatic rings. The first-order chi connectivity index (χ1) is 12.2. The minimum atomic E-state index is -0.413. The Morgan fingerprint density at radius 1 is 1.28 bits per heavy atom. The number of nitrogens with one attached hydrogen (secondary N) is 2. The van der Waals surface area contributed by atoms with Gasteiger partial charge in [0.25, 0.3) is 5.91 Å². The molecule has 2 heterocycles. The number of benzene rings is 1. The molecule has 25 heavy (non-hydrogen) atoms. The molecule has 0 unspecified atom stereocenters. The van der Waals surface area contributed by atoms with Crippen LogP contribution in [0.3, 0.4) is 0 Å². The van der Waals surface area contributed by atoms with Gasteiger partial charge >= 0.3 is 0 Å². The second-order valence-corrected chi connectivity index (χ2v) is 5.40. The fourth-order valence-electron chi connectivity index (χ4n) is 2.50. The van der Waals surface area contributed by atoms with Crippen LogP contribution in [0.1, 0.15) is 24.3 Å². The molecular weight excluding hydrogens is 322 g/mol. The van der Waals surface area contributed by atoms with Gasteiger partial charge in [0, 0.05) is 36.0 Å². The summed E-state index contributed by atoms with van der Waals surface area (Å²) in [6, 6.07) is 7.59. The number of nitrogens with zero attached hydrogens (tertiary/aromatic N) is 3. The Labute approximate surface area is 145 Å². The van der Waals surface area contributed by atoms with Crippen molar-refractivity contribution < 1.29 is 14.3 Å². The first kappa shape index (κ1) is 17.1. The van der Waals surface area contributed by atoms with E-state index in [1.54, 1.807) is 10.9 Å². The molecule has 0 bridgehead atoms. The van der Waals surface area contributed by atoms with Crippen LogP contribution in [-0.4, -0.2) is 45.4 Å². The summed E-state index contributed by atoms with van der Waals surface area (Å²) in [5.74, 6) is -0.314. The summed E-state index contributed by atoms with van der Waals surface area (Å²) in [6.07, 6.45) is 3.02. The number of amides is 1. The molecule has 3 aromatic rings. The van der Waals surface area contributed by atoms with Crippen molar-refractivity contribution in [1.82, 2.24) is 20.0 Å². The van der Waals surface area contributed by atoms with Crippen LogP contribution in [0.25, 0.3) is 10.9 Å². The molecule has 3 rings (SSSR count). The third-order valence-corrected chi connectivity index (χ3v) is 3.62. The predicted molar refractivity (Wildman–Crippen MR) is 93.3 cm³/mol. The molecule has 0 saturated heterocycles. The second kappa shape index (κ2) is 7.91. The molecule has 0 fully saturated rings. The van der Waals surface area contributed by atoms with Crippen LogP contribution in [0.4, 0.5) is 5.69 Å². The highest BCUT2D eigenvalue weighted by Gasteiger charge is 2.15. The minimum absolute atomic E-state index is 0.237. The number of H-pyrrole nitrogens is 1. The fraction of sp³-hybridized carbons (Fsp3) is 0.353. The van der Waals surface area contributed by atoms with E-state index in [0.29, 0.717) is 25.4 Å². The zero-order valence-corrected chi connectivity index (χ0v) is 14.2. The summed E-state index contributed by atoms with van der Waals surface area (Å²) in [5.41, 5.74) is 1.95. The number of carbonyl (C=O) groups is 1. The molecule has 132 valence electrons. The molecule has 0 spiro atoms. The highest BCUT2D eigenvalue weighted by molar-refractivity contribution is 6.03. The zero-order valence-electron chi connectivity index (χ0n) is 14.2. The highest BCUT2D eigenvalue weighted by atomic mass is 16.7. The van der Waals surface area contributed by atoms with Crippen molar-refractivity contribution in [3.8, 4) is 0 Å². The molecule has 8 heteroatoms. The lowest BCUT2D eigenvalue weighted by Crippen LogP contribution is -2.24. The Balaban J connectivity index is 1.65. The van der Waals surface area contributed by atoms with Gasteiger partial charge in [-0.25, -0.2) is 4.68 Å². The van der Waals surface area contributed by atoms with Gasteiger partial charge in [0.05, 0.1) is 12.7 Å². The van der Waals surface area contributed by atoms with Crippen LogP contribution in [-0.2, 0) is 16.0 Å². The van der Waals surface area contributed by atoms with Crippen LogP contribution >= 0.6 is 0 Å². The van der Waals surface area contributed by atoms with Crippen LogP contribution in [0, 0.1) is 0 Å². The van der Waals surface area contributed by atoms with Crippen LogP contribution in [0.15, 0.2) is 36.7 Å². The number of aromatic amines is 1. The quantitative estimate of drug-likeness (QED) is 0.613. The molecule has 8 nitrogen and oxygen atoms in total. The first-order valence-corrected chi connectivity index (χ1v) is 8.21. The van der Waals surface area contributed by atoms with E-state index >= 15 is 0 Å². The normalized spacial score (nSPS) is 11.3. The van der Waals surface area contributed by atoms with Gasteiger partial charge in [-0.3, -0.25) is 4.79 Å². The van der Waals surface area contributed by atoms with E-state index in [4.69, 9.17) is 9.47 Å². The monoisotopic (exact) mass is 343 g/mol. The molecule has 1 amide bonds. The maximum Gasteiger partial charge on any atom is 0.277 e. The first-order valence-electron chi connectivity index (χ1n) is 8.21. The third-order valence-electron chi connectivity index (χ3n) is 3.62. The Bertz CT molecular complexity index is 836. The van der Waals surface area contributed by atoms with Gasteiger partial charge in [-0.2, -0.15) is 0 Å². The van der Waals surface area contributed by atoms with Crippen molar-refractivity contribution in [2.24, 2.45) is 0 Å². The number of ether oxygens (including phenoxy) is 2. The van der Waals surface area contributed by atoms with Gasteiger partial charge < -0.3 is 19.8 Å². The van der Waals surface area contributed by atoms with Crippen molar-refractivity contribution in [2.45, 2.75) is 26.7 Å². The van der Waals surface area contributed by atoms with E-state index in [-0.39, 0.29) is 11.6 Å². The summed E-state index contributed by atoms with van der Waals surface area (Å²) < 4.78 is 12.5. The van der Waals surface area contributed by atoms with E-state index in [1.165, 1.54) is 0 Å². The van der Waals surface area contributed by atoms with Gasteiger partial charge in [-0.1, -0.05) is 5.21 Å². The van der Waals surface area contributed by atoms with E-state index < -0.39 is 6.29 Å². The largest absolute Gasteiger partial charge is 0.361 e. The van der Waals surface area contributed by atoms with Crippen molar-refractivity contribution in [3.05, 3.63) is 42.4 Å². The number of fused-ring (bicyclic) bond motifs is 1. The number of carbonyl (C=O) groups excluding carboxylic acids is 1. The lowest BCUT2D eigenvalue weighted by atomic mass is 10.2. The van der Waals surface area contributed by atoms with Gasteiger partial charge in [-0.15, -0.1) is 5.10 Å². The van der Waals surface area contributed by atoms with Gasteiger partial charge in [0.2, 0.25) is 0 Å². The lowest BCUT2D eigenvalue weighted by Gasteiger charge is -2.16. The minimum Gasteiger partial charge on any atom is -0.361 e. The molecule has 0 aliphatic carbocycles. The van der Waals surface area contributed by atoms with Gasteiger partial charge in [0.15, 0.2) is 12.0 Å². The Hall–Kier alpha value is -2.71. The third kappa shape index (κ3) is 4.23. The topological polar surface area (TPSA) is 94.1 Å². The predicted octanol–water partition coefficient (Wildman–Crippen LogP) is 2.41. The second-order valence-electron chi connectivity index (χ2n) is 5.40. The average Bonchev–Trinajstić information content (AvgIpc) is 3.24. The maximum atomic E-state index is 12.3. The van der Waals surface area contributed by atoms with Crippen LogP contribution in [0.5, 0.6) is 0 Å². The number of hydrogen-bond donors (Lipinski definition) is 2. The molecule has 0 saturated carbocycles. The molecule has 1 aromatic carbocycles. The molecule has 0 aliphatic heterocycles. The maximum absolute atomic E-state index is 12.3. The van der Waals surface area contributed by atoms with E-state index in [2.05, 4.69) is 20.6 Å². The summed E-state index contributed by atoms with van der Waals surface area (Å²) >= 11 is 0. The van der Waals surface area contributed by atoms with Crippen molar-refractivity contribution >= 4 is 22.5 Å². The SMILES string of the molecule is CCOC(Cn1cc(C(=O)Nc2ccc3[nH]ccc3c2)nn1)OCC. The Kier molecular flexibility index (Phi) is 5.42. The number of rotatable bonds is 8. The Morgan fingerprint density at radius 2 is 2.08 bits per heavy atom. The van der Waals surface area contributed by atoms with Crippen LogP contribution in [0.2, 0.25) is 0 Å².